The number of guanidine groups is 1. The fourth-order valence-corrected chi connectivity index (χ4v) is 3.95. The van der Waals surface area contributed by atoms with Gasteiger partial charge >= 0.3 is 0 Å². The standard InChI is InChI=1S/C18H23BrN4O2S.HI/c1-4-20-18(22-8-16-23-14(9-26-16)11(2)3)21-7-12-5-13(19)17-15(6-12)24-10-25-17;/h5-6,9,11H,4,7-8,10H2,1-3H3,(H2,20,21,22);1H. The Balaban J connectivity index is 0.00000261. The average molecular weight is 567 g/mol. The molecule has 2 aromatic rings. The van der Waals surface area contributed by atoms with Gasteiger partial charge in [0.1, 0.15) is 5.01 Å². The van der Waals surface area contributed by atoms with Gasteiger partial charge in [0.25, 0.3) is 0 Å². The fraction of sp³-hybridized carbons (Fsp3) is 0.444. The minimum Gasteiger partial charge on any atom is -0.454 e. The number of aliphatic imine (C=N–C) groups is 1. The van der Waals surface area contributed by atoms with Gasteiger partial charge in [0.2, 0.25) is 6.79 Å². The van der Waals surface area contributed by atoms with E-state index >= 15 is 0 Å². The third-order valence-electron chi connectivity index (χ3n) is 3.82. The number of benzene rings is 1. The lowest BCUT2D eigenvalue weighted by Crippen LogP contribution is -2.36. The Morgan fingerprint density at radius 2 is 2.15 bits per heavy atom. The monoisotopic (exact) mass is 566 g/mol. The summed E-state index contributed by atoms with van der Waals surface area (Å²) in [6.07, 6.45) is 0. The molecule has 0 spiro atoms. The first kappa shape index (κ1) is 22.2. The van der Waals surface area contributed by atoms with Gasteiger partial charge in [-0.05, 0) is 46.5 Å². The lowest BCUT2D eigenvalue weighted by atomic mass is 10.2. The van der Waals surface area contributed by atoms with Crippen LogP contribution in [0.1, 0.15) is 43.0 Å². The van der Waals surface area contributed by atoms with Crippen LogP contribution in [-0.4, -0.2) is 24.3 Å². The molecule has 1 aromatic heterocycles. The largest absolute Gasteiger partial charge is 0.454 e. The van der Waals surface area contributed by atoms with Crippen LogP contribution in [-0.2, 0) is 13.1 Å². The average Bonchev–Trinajstić information content (AvgIpc) is 3.26. The molecule has 0 radical (unpaired) electrons. The highest BCUT2D eigenvalue weighted by atomic mass is 127. The van der Waals surface area contributed by atoms with E-state index in [2.05, 4.69) is 62.7 Å². The van der Waals surface area contributed by atoms with Crippen LogP contribution in [0.15, 0.2) is 27.0 Å². The normalized spacial score (nSPS) is 12.9. The predicted molar refractivity (Wildman–Crippen MR) is 124 cm³/mol. The van der Waals surface area contributed by atoms with Crippen LogP contribution in [0, 0.1) is 0 Å². The molecule has 27 heavy (non-hydrogen) atoms. The van der Waals surface area contributed by atoms with Gasteiger partial charge < -0.3 is 20.1 Å². The molecule has 0 atom stereocenters. The lowest BCUT2D eigenvalue weighted by Gasteiger charge is -2.10. The second-order valence-corrected chi connectivity index (χ2v) is 7.98. The van der Waals surface area contributed by atoms with Crippen molar-refractivity contribution in [3.63, 3.8) is 0 Å². The minimum atomic E-state index is 0. The summed E-state index contributed by atoms with van der Waals surface area (Å²) < 4.78 is 11.8. The Kier molecular flexibility index (Phi) is 8.62. The van der Waals surface area contributed by atoms with E-state index < -0.39 is 0 Å². The molecule has 148 valence electrons. The maximum atomic E-state index is 5.46. The Hall–Kier alpha value is -1.07. The topological polar surface area (TPSA) is 67.8 Å². The van der Waals surface area contributed by atoms with Crippen molar-refractivity contribution in [1.29, 1.82) is 0 Å². The maximum Gasteiger partial charge on any atom is 0.231 e. The Morgan fingerprint density at radius 1 is 1.33 bits per heavy atom. The smallest absolute Gasteiger partial charge is 0.231 e. The summed E-state index contributed by atoms with van der Waals surface area (Å²) in [5, 5.41) is 9.79. The number of aromatic nitrogens is 1. The molecular formula is C18H24BrIN4O2S. The van der Waals surface area contributed by atoms with E-state index in [1.54, 1.807) is 11.3 Å². The molecule has 0 saturated heterocycles. The summed E-state index contributed by atoms with van der Waals surface area (Å²) in [6.45, 7) is 8.62. The highest BCUT2D eigenvalue weighted by Crippen LogP contribution is 2.40. The first-order valence-corrected chi connectivity index (χ1v) is 10.3. The van der Waals surface area contributed by atoms with Crippen molar-refractivity contribution in [2.45, 2.75) is 39.8 Å². The van der Waals surface area contributed by atoms with Crippen LogP contribution in [0.2, 0.25) is 0 Å². The third kappa shape index (κ3) is 5.95. The molecule has 0 fully saturated rings. The highest BCUT2D eigenvalue weighted by Gasteiger charge is 2.17. The van der Waals surface area contributed by atoms with Gasteiger partial charge in [-0.3, -0.25) is 0 Å². The molecule has 2 heterocycles. The molecule has 6 nitrogen and oxygen atoms in total. The molecule has 3 rings (SSSR count). The van der Waals surface area contributed by atoms with Gasteiger partial charge in [-0.2, -0.15) is 0 Å². The SMILES string of the molecule is CCNC(=NCc1cc(Br)c2c(c1)OCO2)NCc1nc(C(C)C)cs1.I. The molecule has 0 saturated carbocycles. The predicted octanol–water partition coefficient (Wildman–Crippen LogP) is 4.63. The molecule has 1 aliphatic heterocycles. The number of hydrogen-bond donors (Lipinski definition) is 2. The van der Waals surface area contributed by atoms with Gasteiger partial charge in [0.05, 0.1) is 23.3 Å². The third-order valence-corrected chi connectivity index (χ3v) is 5.28. The maximum absolute atomic E-state index is 5.46. The van der Waals surface area contributed by atoms with E-state index in [0.29, 0.717) is 19.0 Å². The minimum absolute atomic E-state index is 0. The molecule has 1 aromatic carbocycles. The van der Waals surface area contributed by atoms with Crippen molar-refractivity contribution in [3.05, 3.63) is 38.3 Å². The van der Waals surface area contributed by atoms with Crippen molar-refractivity contribution in [3.8, 4) is 11.5 Å². The molecule has 0 bridgehead atoms. The van der Waals surface area contributed by atoms with E-state index in [4.69, 9.17) is 9.47 Å². The zero-order chi connectivity index (χ0) is 18.5. The Labute approximate surface area is 189 Å². The quantitative estimate of drug-likeness (QED) is 0.303. The van der Waals surface area contributed by atoms with Crippen LogP contribution in [0.5, 0.6) is 11.5 Å². The Morgan fingerprint density at radius 3 is 2.85 bits per heavy atom. The van der Waals surface area contributed by atoms with Gasteiger partial charge in [-0.15, -0.1) is 35.3 Å². The zero-order valence-electron chi connectivity index (χ0n) is 15.5. The molecule has 9 heteroatoms. The zero-order valence-corrected chi connectivity index (χ0v) is 20.3. The highest BCUT2D eigenvalue weighted by molar-refractivity contribution is 14.0. The summed E-state index contributed by atoms with van der Waals surface area (Å²) >= 11 is 5.19. The van der Waals surface area contributed by atoms with E-state index in [-0.39, 0.29) is 30.8 Å². The molecule has 0 amide bonds. The first-order valence-electron chi connectivity index (χ1n) is 8.61. The summed E-state index contributed by atoms with van der Waals surface area (Å²) in [7, 11) is 0. The van der Waals surface area contributed by atoms with Gasteiger partial charge in [-0.25, -0.2) is 9.98 Å². The van der Waals surface area contributed by atoms with Crippen LogP contribution in [0.25, 0.3) is 0 Å². The van der Waals surface area contributed by atoms with E-state index in [9.17, 15) is 0 Å². The summed E-state index contributed by atoms with van der Waals surface area (Å²) in [5.41, 5.74) is 2.19. The van der Waals surface area contributed by atoms with E-state index in [1.165, 1.54) is 0 Å². The van der Waals surface area contributed by atoms with E-state index in [0.717, 1.165) is 44.7 Å². The molecule has 1 aliphatic rings. The number of nitrogens with zero attached hydrogens (tertiary/aromatic N) is 2. The van der Waals surface area contributed by atoms with Gasteiger partial charge in [0, 0.05) is 11.9 Å². The summed E-state index contributed by atoms with van der Waals surface area (Å²) in [4.78, 5) is 9.31. The number of hydrogen-bond acceptors (Lipinski definition) is 5. The summed E-state index contributed by atoms with van der Waals surface area (Å²) in [6, 6.07) is 3.98. The number of thiazole rings is 1. The summed E-state index contributed by atoms with van der Waals surface area (Å²) in [5.74, 6) is 2.73. The van der Waals surface area contributed by atoms with Crippen molar-refractivity contribution >= 4 is 57.2 Å². The van der Waals surface area contributed by atoms with Crippen molar-refractivity contribution in [2.75, 3.05) is 13.3 Å². The van der Waals surface area contributed by atoms with Crippen molar-refractivity contribution in [1.82, 2.24) is 15.6 Å². The fourth-order valence-electron chi connectivity index (χ4n) is 2.45. The second-order valence-electron chi connectivity index (χ2n) is 6.18. The first-order chi connectivity index (χ1) is 12.6. The van der Waals surface area contributed by atoms with Crippen LogP contribution in [0.3, 0.4) is 0 Å². The lowest BCUT2D eigenvalue weighted by molar-refractivity contribution is 0.173. The molecule has 0 unspecified atom stereocenters. The van der Waals surface area contributed by atoms with E-state index in [1.807, 2.05) is 12.1 Å². The number of fused-ring (bicyclic) bond motifs is 1. The number of halogens is 2. The molecule has 2 N–H and O–H groups in total. The second kappa shape index (κ2) is 10.5. The van der Waals surface area contributed by atoms with Gasteiger partial charge in [-0.1, -0.05) is 13.8 Å². The molecule has 0 aliphatic carbocycles. The number of ether oxygens (including phenoxy) is 2. The van der Waals surface area contributed by atoms with Gasteiger partial charge in [0.15, 0.2) is 17.5 Å². The van der Waals surface area contributed by atoms with Crippen molar-refractivity contribution < 1.29 is 9.47 Å². The van der Waals surface area contributed by atoms with Crippen LogP contribution in [0.4, 0.5) is 0 Å². The van der Waals surface area contributed by atoms with Crippen LogP contribution < -0.4 is 20.1 Å². The molecular weight excluding hydrogens is 543 g/mol. The Bertz CT molecular complexity index is 798. The van der Waals surface area contributed by atoms with Crippen molar-refractivity contribution in [2.24, 2.45) is 4.99 Å². The number of nitrogens with one attached hydrogen (secondary N) is 2. The van der Waals surface area contributed by atoms with Crippen LogP contribution >= 0.6 is 51.2 Å². The number of rotatable bonds is 6.